The van der Waals surface area contributed by atoms with Crippen LogP contribution in [0, 0.1) is 5.41 Å². The van der Waals surface area contributed by atoms with Gasteiger partial charge in [0.25, 0.3) is 0 Å². The first-order valence-electron chi connectivity index (χ1n) is 7.71. The van der Waals surface area contributed by atoms with E-state index in [9.17, 15) is 9.90 Å². The second kappa shape index (κ2) is 6.09. The van der Waals surface area contributed by atoms with Gasteiger partial charge in [-0.15, -0.1) is 0 Å². The van der Waals surface area contributed by atoms with Crippen LogP contribution in [0.3, 0.4) is 0 Å². The third kappa shape index (κ3) is 3.92. The number of Topliss-reactive ketones (excluding diaryl/α,β-unsaturated/α-hetero) is 1. The number of aliphatic hydroxyl groups is 1. The molecule has 0 amide bonds. The van der Waals surface area contributed by atoms with Crippen LogP contribution in [0.2, 0.25) is 0 Å². The van der Waals surface area contributed by atoms with Gasteiger partial charge in [-0.25, -0.2) is 0 Å². The first kappa shape index (κ1) is 15.2. The Bertz CT molecular complexity index is 442. The molecule has 0 saturated heterocycles. The van der Waals surface area contributed by atoms with Crippen LogP contribution in [0.5, 0.6) is 0 Å². The topological polar surface area (TPSA) is 37.3 Å². The SMILES string of the molecule is CC(C)(Cc1ccccc1)C(=O)CC1(O)CCCCC1. The van der Waals surface area contributed by atoms with Gasteiger partial charge in [-0.3, -0.25) is 4.79 Å². The summed E-state index contributed by atoms with van der Waals surface area (Å²) in [5, 5.41) is 10.6. The van der Waals surface area contributed by atoms with Crippen molar-refractivity contribution in [2.24, 2.45) is 5.41 Å². The number of hydrogen-bond acceptors (Lipinski definition) is 2. The summed E-state index contributed by atoms with van der Waals surface area (Å²) in [7, 11) is 0. The van der Waals surface area contributed by atoms with Crippen molar-refractivity contribution in [3.63, 3.8) is 0 Å². The fourth-order valence-corrected chi connectivity index (χ4v) is 3.13. The van der Waals surface area contributed by atoms with Gasteiger partial charge >= 0.3 is 0 Å². The third-order valence-electron chi connectivity index (χ3n) is 4.52. The van der Waals surface area contributed by atoms with Crippen molar-refractivity contribution in [2.45, 2.75) is 64.4 Å². The Morgan fingerprint density at radius 1 is 1.15 bits per heavy atom. The Morgan fingerprint density at radius 2 is 1.75 bits per heavy atom. The smallest absolute Gasteiger partial charge is 0.141 e. The normalized spacial score (nSPS) is 18.8. The Labute approximate surface area is 122 Å². The lowest BCUT2D eigenvalue weighted by atomic mass is 9.74. The highest BCUT2D eigenvalue weighted by atomic mass is 16.3. The van der Waals surface area contributed by atoms with Gasteiger partial charge in [0, 0.05) is 11.8 Å². The molecule has 0 radical (unpaired) electrons. The molecular formula is C18H26O2. The van der Waals surface area contributed by atoms with E-state index in [0.29, 0.717) is 6.42 Å². The Kier molecular flexibility index (Phi) is 4.64. The molecule has 0 unspecified atom stereocenters. The summed E-state index contributed by atoms with van der Waals surface area (Å²) in [5.74, 6) is 0.186. The summed E-state index contributed by atoms with van der Waals surface area (Å²) in [6.45, 7) is 3.99. The minimum atomic E-state index is -0.747. The van der Waals surface area contributed by atoms with Crippen LogP contribution in [-0.2, 0) is 11.2 Å². The maximum absolute atomic E-state index is 12.6. The molecule has 0 bridgehead atoms. The Balaban J connectivity index is 1.99. The van der Waals surface area contributed by atoms with E-state index in [0.717, 1.165) is 32.1 Å². The van der Waals surface area contributed by atoms with E-state index < -0.39 is 11.0 Å². The maximum Gasteiger partial charge on any atom is 0.141 e. The summed E-state index contributed by atoms with van der Waals surface area (Å²) < 4.78 is 0. The molecule has 1 aliphatic rings. The predicted molar refractivity (Wildman–Crippen MR) is 81.6 cm³/mol. The number of ketones is 1. The van der Waals surface area contributed by atoms with E-state index >= 15 is 0 Å². The van der Waals surface area contributed by atoms with E-state index in [1.165, 1.54) is 12.0 Å². The quantitative estimate of drug-likeness (QED) is 0.884. The van der Waals surface area contributed by atoms with E-state index in [2.05, 4.69) is 12.1 Å². The zero-order valence-corrected chi connectivity index (χ0v) is 12.7. The fraction of sp³-hybridized carbons (Fsp3) is 0.611. The number of carbonyl (C=O) groups excluding carboxylic acids is 1. The van der Waals surface area contributed by atoms with Gasteiger partial charge in [-0.05, 0) is 24.8 Å². The molecule has 2 heteroatoms. The largest absolute Gasteiger partial charge is 0.389 e. The van der Waals surface area contributed by atoms with Gasteiger partial charge in [0.2, 0.25) is 0 Å². The van der Waals surface area contributed by atoms with Crippen LogP contribution in [-0.4, -0.2) is 16.5 Å². The molecule has 1 saturated carbocycles. The lowest BCUT2D eigenvalue weighted by Gasteiger charge is -2.34. The molecular weight excluding hydrogens is 248 g/mol. The van der Waals surface area contributed by atoms with Crippen LogP contribution < -0.4 is 0 Å². The highest BCUT2D eigenvalue weighted by Crippen LogP contribution is 2.35. The van der Waals surface area contributed by atoms with Crippen molar-refractivity contribution in [3.05, 3.63) is 35.9 Å². The molecule has 0 heterocycles. The fourth-order valence-electron chi connectivity index (χ4n) is 3.13. The Hall–Kier alpha value is -1.15. The minimum Gasteiger partial charge on any atom is -0.389 e. The van der Waals surface area contributed by atoms with E-state index in [-0.39, 0.29) is 5.78 Å². The van der Waals surface area contributed by atoms with Gasteiger partial charge in [0.05, 0.1) is 5.60 Å². The number of hydrogen-bond donors (Lipinski definition) is 1. The van der Waals surface area contributed by atoms with Gasteiger partial charge < -0.3 is 5.11 Å². The summed E-state index contributed by atoms with van der Waals surface area (Å²) in [4.78, 5) is 12.6. The standard InChI is InChI=1S/C18H26O2/c1-17(2,13-15-9-5-3-6-10-15)16(19)14-18(20)11-7-4-8-12-18/h3,5-6,9-10,20H,4,7-8,11-14H2,1-2H3. The van der Waals surface area contributed by atoms with Crippen LogP contribution >= 0.6 is 0 Å². The van der Waals surface area contributed by atoms with Crippen molar-refractivity contribution < 1.29 is 9.90 Å². The third-order valence-corrected chi connectivity index (χ3v) is 4.52. The molecule has 0 aliphatic heterocycles. The first-order chi connectivity index (χ1) is 9.41. The van der Waals surface area contributed by atoms with Crippen molar-refractivity contribution in [2.75, 3.05) is 0 Å². The lowest BCUT2D eigenvalue weighted by molar-refractivity contribution is -0.133. The first-order valence-corrected chi connectivity index (χ1v) is 7.71. The zero-order chi connectivity index (χ0) is 14.6. The zero-order valence-electron chi connectivity index (χ0n) is 12.7. The van der Waals surface area contributed by atoms with Crippen molar-refractivity contribution in [1.82, 2.24) is 0 Å². The van der Waals surface area contributed by atoms with Gasteiger partial charge in [0.15, 0.2) is 0 Å². The lowest BCUT2D eigenvalue weighted by Crippen LogP contribution is -2.39. The van der Waals surface area contributed by atoms with E-state index in [4.69, 9.17) is 0 Å². The van der Waals surface area contributed by atoms with Crippen LogP contribution in [0.25, 0.3) is 0 Å². The minimum absolute atomic E-state index is 0.186. The molecule has 110 valence electrons. The molecule has 0 atom stereocenters. The number of rotatable bonds is 5. The summed E-state index contributed by atoms with van der Waals surface area (Å²) >= 11 is 0. The van der Waals surface area contributed by atoms with E-state index in [1.54, 1.807) is 0 Å². The second-order valence-corrected chi connectivity index (χ2v) is 6.93. The van der Waals surface area contributed by atoms with E-state index in [1.807, 2.05) is 32.0 Å². The molecule has 20 heavy (non-hydrogen) atoms. The van der Waals surface area contributed by atoms with Crippen LogP contribution in [0.1, 0.15) is 57.9 Å². The van der Waals surface area contributed by atoms with Gasteiger partial charge in [0.1, 0.15) is 5.78 Å². The molecule has 1 fully saturated rings. The highest BCUT2D eigenvalue weighted by molar-refractivity contribution is 5.85. The molecule has 1 aromatic rings. The molecule has 1 N–H and O–H groups in total. The van der Waals surface area contributed by atoms with Crippen molar-refractivity contribution in [3.8, 4) is 0 Å². The summed E-state index contributed by atoms with van der Waals surface area (Å²) in [5.41, 5.74) is 0.0270. The number of carbonyl (C=O) groups is 1. The predicted octanol–water partition coefficient (Wildman–Crippen LogP) is 3.91. The van der Waals surface area contributed by atoms with Crippen LogP contribution in [0.15, 0.2) is 30.3 Å². The summed E-state index contributed by atoms with van der Waals surface area (Å²) in [6.07, 6.45) is 5.88. The van der Waals surface area contributed by atoms with Gasteiger partial charge in [-0.1, -0.05) is 63.4 Å². The average Bonchev–Trinajstić information content (AvgIpc) is 2.39. The molecule has 2 nitrogen and oxygen atoms in total. The highest BCUT2D eigenvalue weighted by Gasteiger charge is 2.37. The Morgan fingerprint density at radius 3 is 2.35 bits per heavy atom. The summed E-state index contributed by atoms with van der Waals surface area (Å²) in [6, 6.07) is 10.1. The molecule has 0 spiro atoms. The van der Waals surface area contributed by atoms with Gasteiger partial charge in [-0.2, -0.15) is 0 Å². The number of benzene rings is 1. The molecule has 2 rings (SSSR count). The molecule has 1 aromatic carbocycles. The van der Waals surface area contributed by atoms with Crippen molar-refractivity contribution in [1.29, 1.82) is 0 Å². The van der Waals surface area contributed by atoms with Crippen LogP contribution in [0.4, 0.5) is 0 Å². The van der Waals surface area contributed by atoms with Crippen molar-refractivity contribution >= 4 is 5.78 Å². The average molecular weight is 274 g/mol. The second-order valence-electron chi connectivity index (χ2n) is 6.93. The monoisotopic (exact) mass is 274 g/mol. The maximum atomic E-state index is 12.6. The molecule has 1 aliphatic carbocycles. The molecule has 0 aromatic heterocycles.